The molecule has 19 heavy (non-hydrogen) atoms. The standard InChI is InChI=1S/C11H14N4O4/c1-11(10(16)17)5-2-6-14(11)8-4-3-7(15(18)19)9(12)13-8/h3-4H,2,5-6H2,1H3,(H2,12,13)(H,16,17). The van der Waals surface area contributed by atoms with Crippen LogP contribution < -0.4 is 10.6 Å². The number of nitrogens with zero attached hydrogens (tertiary/aromatic N) is 3. The summed E-state index contributed by atoms with van der Waals surface area (Å²) in [5.74, 6) is -0.795. The van der Waals surface area contributed by atoms with E-state index in [1.165, 1.54) is 12.1 Å². The fraction of sp³-hybridized carbons (Fsp3) is 0.455. The van der Waals surface area contributed by atoms with Crippen LogP contribution in [0.2, 0.25) is 0 Å². The Labute approximate surface area is 109 Å². The van der Waals surface area contributed by atoms with E-state index in [0.717, 1.165) is 6.42 Å². The number of carboxylic acid groups (broad SMARTS) is 1. The molecule has 0 radical (unpaired) electrons. The van der Waals surface area contributed by atoms with Crippen LogP contribution in [0.5, 0.6) is 0 Å². The van der Waals surface area contributed by atoms with Gasteiger partial charge in [-0.1, -0.05) is 0 Å². The van der Waals surface area contributed by atoms with E-state index < -0.39 is 16.4 Å². The van der Waals surface area contributed by atoms with E-state index in [4.69, 9.17) is 5.73 Å². The fourth-order valence-electron chi connectivity index (χ4n) is 2.31. The smallest absolute Gasteiger partial charge is 0.329 e. The molecule has 1 unspecified atom stereocenters. The number of aliphatic carboxylic acids is 1. The summed E-state index contributed by atoms with van der Waals surface area (Å²) in [6.45, 7) is 2.15. The van der Waals surface area contributed by atoms with Crippen molar-refractivity contribution in [3.8, 4) is 0 Å². The normalized spacial score (nSPS) is 22.5. The average Bonchev–Trinajstić information content (AvgIpc) is 2.72. The van der Waals surface area contributed by atoms with Crippen molar-refractivity contribution < 1.29 is 14.8 Å². The van der Waals surface area contributed by atoms with Crippen LogP contribution >= 0.6 is 0 Å². The Morgan fingerprint density at radius 3 is 2.84 bits per heavy atom. The van der Waals surface area contributed by atoms with Crippen molar-refractivity contribution >= 4 is 23.3 Å². The lowest BCUT2D eigenvalue weighted by atomic mass is 9.99. The van der Waals surface area contributed by atoms with Crippen molar-refractivity contribution in [2.75, 3.05) is 17.2 Å². The first-order chi connectivity index (χ1) is 8.86. The third kappa shape index (κ3) is 2.05. The zero-order valence-corrected chi connectivity index (χ0v) is 10.4. The molecule has 8 heteroatoms. The Bertz CT molecular complexity index is 547. The number of hydrogen-bond donors (Lipinski definition) is 2. The number of hydrogen-bond acceptors (Lipinski definition) is 6. The van der Waals surface area contributed by atoms with Gasteiger partial charge in [-0.15, -0.1) is 0 Å². The second-order valence-corrected chi connectivity index (χ2v) is 4.67. The van der Waals surface area contributed by atoms with E-state index in [1.54, 1.807) is 11.8 Å². The van der Waals surface area contributed by atoms with Gasteiger partial charge in [0, 0.05) is 12.6 Å². The van der Waals surface area contributed by atoms with E-state index in [9.17, 15) is 20.0 Å². The molecule has 1 fully saturated rings. The molecule has 0 spiro atoms. The van der Waals surface area contributed by atoms with E-state index in [0.29, 0.717) is 18.8 Å². The molecule has 8 nitrogen and oxygen atoms in total. The van der Waals surface area contributed by atoms with Gasteiger partial charge in [-0.25, -0.2) is 9.78 Å². The lowest BCUT2D eigenvalue weighted by molar-refractivity contribution is -0.384. The Balaban J connectivity index is 2.40. The molecule has 2 rings (SSSR count). The van der Waals surface area contributed by atoms with Crippen molar-refractivity contribution in [3.63, 3.8) is 0 Å². The van der Waals surface area contributed by atoms with Crippen LogP contribution in [0.3, 0.4) is 0 Å². The lowest BCUT2D eigenvalue weighted by Gasteiger charge is -2.32. The lowest BCUT2D eigenvalue weighted by Crippen LogP contribution is -2.48. The number of anilines is 2. The Kier molecular flexibility index (Phi) is 3.01. The van der Waals surface area contributed by atoms with Crippen molar-refractivity contribution in [3.05, 3.63) is 22.2 Å². The van der Waals surface area contributed by atoms with Gasteiger partial charge in [0.1, 0.15) is 11.4 Å². The number of carbonyl (C=O) groups is 1. The quantitative estimate of drug-likeness (QED) is 0.618. The zero-order chi connectivity index (χ0) is 14.2. The topological polar surface area (TPSA) is 123 Å². The first-order valence-corrected chi connectivity index (χ1v) is 5.78. The molecule has 0 saturated carbocycles. The summed E-state index contributed by atoms with van der Waals surface area (Å²) in [7, 11) is 0. The molecule has 1 saturated heterocycles. The van der Waals surface area contributed by atoms with Crippen LogP contribution in [0, 0.1) is 10.1 Å². The van der Waals surface area contributed by atoms with E-state index in [1.807, 2.05) is 0 Å². The number of aromatic nitrogens is 1. The van der Waals surface area contributed by atoms with E-state index in [-0.39, 0.29) is 11.5 Å². The van der Waals surface area contributed by atoms with Gasteiger partial charge >= 0.3 is 11.7 Å². The number of nitro groups is 1. The Morgan fingerprint density at radius 2 is 2.32 bits per heavy atom. The maximum absolute atomic E-state index is 11.4. The largest absolute Gasteiger partial charge is 0.480 e. The molecule has 0 aliphatic carbocycles. The molecule has 102 valence electrons. The number of carboxylic acids is 1. The fourth-order valence-corrected chi connectivity index (χ4v) is 2.31. The number of pyridine rings is 1. The van der Waals surface area contributed by atoms with Crippen molar-refractivity contribution in [1.29, 1.82) is 0 Å². The summed E-state index contributed by atoms with van der Waals surface area (Å²) in [4.78, 5) is 27.0. The SMILES string of the molecule is CC1(C(=O)O)CCCN1c1ccc([N+](=O)[O-])c(N)n1. The highest BCUT2D eigenvalue weighted by Crippen LogP contribution is 2.34. The summed E-state index contributed by atoms with van der Waals surface area (Å²) in [6, 6.07) is 2.68. The number of nitrogens with two attached hydrogens (primary N) is 1. The van der Waals surface area contributed by atoms with Crippen molar-refractivity contribution in [2.45, 2.75) is 25.3 Å². The van der Waals surface area contributed by atoms with Gasteiger partial charge in [-0.05, 0) is 25.8 Å². The minimum atomic E-state index is -1.05. The van der Waals surface area contributed by atoms with Crippen molar-refractivity contribution in [2.24, 2.45) is 0 Å². The van der Waals surface area contributed by atoms with Crippen LogP contribution in [0.4, 0.5) is 17.3 Å². The van der Waals surface area contributed by atoms with Crippen LogP contribution in [-0.4, -0.2) is 33.1 Å². The van der Waals surface area contributed by atoms with Crippen LogP contribution in [0.25, 0.3) is 0 Å². The predicted octanol–water partition coefficient (Wildman–Crippen LogP) is 1.02. The monoisotopic (exact) mass is 266 g/mol. The first-order valence-electron chi connectivity index (χ1n) is 5.78. The van der Waals surface area contributed by atoms with E-state index >= 15 is 0 Å². The summed E-state index contributed by atoms with van der Waals surface area (Å²) in [5, 5.41) is 20.0. The minimum Gasteiger partial charge on any atom is -0.480 e. The summed E-state index contributed by atoms with van der Waals surface area (Å²) in [5.41, 5.74) is 4.20. The number of rotatable bonds is 3. The van der Waals surface area contributed by atoms with E-state index in [2.05, 4.69) is 4.98 Å². The van der Waals surface area contributed by atoms with Crippen molar-refractivity contribution in [1.82, 2.24) is 4.98 Å². The predicted molar refractivity (Wildman–Crippen MR) is 67.9 cm³/mol. The molecule has 1 atom stereocenters. The van der Waals surface area contributed by atoms with Gasteiger partial charge in [0.2, 0.25) is 5.82 Å². The molecule has 0 amide bonds. The second kappa shape index (κ2) is 4.38. The molecule has 3 N–H and O–H groups in total. The molecule has 1 aliphatic heterocycles. The molecular weight excluding hydrogens is 252 g/mol. The third-order valence-corrected chi connectivity index (χ3v) is 3.46. The van der Waals surface area contributed by atoms with Gasteiger partial charge in [0.05, 0.1) is 4.92 Å². The highest BCUT2D eigenvalue weighted by molar-refractivity contribution is 5.83. The zero-order valence-electron chi connectivity index (χ0n) is 10.4. The summed E-state index contributed by atoms with van der Waals surface area (Å²) in [6.07, 6.45) is 1.22. The first kappa shape index (κ1) is 13.1. The van der Waals surface area contributed by atoms with Gasteiger partial charge in [-0.2, -0.15) is 0 Å². The second-order valence-electron chi connectivity index (χ2n) is 4.67. The van der Waals surface area contributed by atoms with Gasteiger partial charge in [-0.3, -0.25) is 10.1 Å². The molecule has 1 aromatic heterocycles. The average molecular weight is 266 g/mol. The maximum Gasteiger partial charge on any atom is 0.329 e. The summed E-state index contributed by atoms with van der Waals surface area (Å²) >= 11 is 0. The molecule has 1 aromatic rings. The van der Waals surface area contributed by atoms with Gasteiger partial charge in [0.15, 0.2) is 0 Å². The van der Waals surface area contributed by atoms with Crippen LogP contribution in [0.1, 0.15) is 19.8 Å². The minimum absolute atomic E-state index is 0.206. The third-order valence-electron chi connectivity index (χ3n) is 3.46. The Hall–Kier alpha value is -2.38. The van der Waals surface area contributed by atoms with Crippen LogP contribution in [0.15, 0.2) is 12.1 Å². The molecule has 2 heterocycles. The number of nitrogen functional groups attached to an aromatic ring is 1. The summed E-state index contributed by atoms with van der Waals surface area (Å²) < 4.78 is 0. The molecule has 0 aromatic carbocycles. The molecular formula is C11H14N4O4. The maximum atomic E-state index is 11.4. The Morgan fingerprint density at radius 1 is 1.63 bits per heavy atom. The molecule has 0 bridgehead atoms. The van der Waals surface area contributed by atoms with Gasteiger partial charge < -0.3 is 15.7 Å². The van der Waals surface area contributed by atoms with Gasteiger partial charge in [0.25, 0.3) is 0 Å². The highest BCUT2D eigenvalue weighted by Gasteiger charge is 2.44. The molecule has 1 aliphatic rings. The highest BCUT2D eigenvalue weighted by atomic mass is 16.6. The van der Waals surface area contributed by atoms with Crippen LogP contribution in [-0.2, 0) is 4.79 Å².